The number of nitrogens with zero attached hydrogens (tertiary/aromatic N) is 2. The molecule has 1 atom stereocenters. The van der Waals surface area contributed by atoms with Crippen LogP contribution in [0.2, 0.25) is 0 Å². The molecule has 4 aromatic rings. The number of imide groups is 1. The zero-order chi connectivity index (χ0) is 24.7. The molecule has 1 aliphatic heterocycles. The number of aromatic nitrogens is 1. The molecule has 35 heavy (non-hydrogen) atoms. The molecule has 1 aliphatic rings. The van der Waals surface area contributed by atoms with Gasteiger partial charge in [0.1, 0.15) is 0 Å². The Labute approximate surface area is 203 Å². The molecule has 0 fully saturated rings. The molecule has 2 heterocycles. The predicted octanol–water partition coefficient (Wildman–Crippen LogP) is 4.02. The number of rotatable bonds is 6. The minimum Gasteiger partial charge on any atom is -0.378 e. The van der Waals surface area contributed by atoms with Crippen LogP contribution in [0.5, 0.6) is 0 Å². The van der Waals surface area contributed by atoms with E-state index in [4.69, 9.17) is 0 Å². The molecule has 0 spiro atoms. The number of fused-ring (bicyclic) bond motifs is 2. The third-order valence-electron chi connectivity index (χ3n) is 6.63. The number of nitrogens with one attached hydrogen (secondary N) is 2. The van der Waals surface area contributed by atoms with Gasteiger partial charge in [-0.15, -0.1) is 0 Å². The average Bonchev–Trinajstić information content (AvgIpc) is 3.39. The maximum Gasteiger partial charge on any atom is 0.261 e. The Kier molecular flexibility index (Phi) is 5.61. The van der Waals surface area contributed by atoms with Crippen LogP contribution in [0.25, 0.3) is 10.9 Å². The van der Waals surface area contributed by atoms with Gasteiger partial charge in [0.25, 0.3) is 17.7 Å². The van der Waals surface area contributed by atoms with Crippen LogP contribution in [0.15, 0.2) is 72.9 Å². The smallest absolute Gasteiger partial charge is 0.261 e. The highest BCUT2D eigenvalue weighted by Crippen LogP contribution is 2.31. The van der Waals surface area contributed by atoms with E-state index in [1.165, 1.54) is 13.1 Å². The van der Waals surface area contributed by atoms with Crippen molar-refractivity contribution in [2.24, 2.45) is 0 Å². The lowest BCUT2D eigenvalue weighted by Gasteiger charge is -2.20. The number of anilines is 1. The van der Waals surface area contributed by atoms with E-state index in [1.54, 1.807) is 12.1 Å². The third kappa shape index (κ3) is 3.95. The van der Waals surface area contributed by atoms with Gasteiger partial charge < -0.3 is 15.2 Å². The van der Waals surface area contributed by atoms with Crippen molar-refractivity contribution >= 4 is 34.3 Å². The monoisotopic (exact) mass is 466 g/mol. The molecule has 3 aromatic carbocycles. The van der Waals surface area contributed by atoms with E-state index in [9.17, 15) is 14.4 Å². The fourth-order valence-electron chi connectivity index (χ4n) is 4.59. The van der Waals surface area contributed by atoms with E-state index < -0.39 is 5.91 Å². The average molecular weight is 467 g/mol. The van der Waals surface area contributed by atoms with Crippen molar-refractivity contribution in [3.8, 4) is 0 Å². The first-order chi connectivity index (χ1) is 16.8. The summed E-state index contributed by atoms with van der Waals surface area (Å²) in [5, 5.41) is 4.15. The Bertz CT molecular complexity index is 1450. The number of carbonyl (C=O) groups excluding carboxylic acids is 3. The maximum atomic E-state index is 13.1. The summed E-state index contributed by atoms with van der Waals surface area (Å²) in [6.07, 6.45) is 2.00. The van der Waals surface area contributed by atoms with Crippen molar-refractivity contribution in [2.75, 3.05) is 32.6 Å². The quantitative estimate of drug-likeness (QED) is 0.420. The second-order valence-electron chi connectivity index (χ2n) is 8.97. The van der Waals surface area contributed by atoms with E-state index in [0.717, 1.165) is 32.6 Å². The summed E-state index contributed by atoms with van der Waals surface area (Å²) in [5.74, 6) is -1.12. The van der Waals surface area contributed by atoms with Gasteiger partial charge >= 0.3 is 0 Å². The molecule has 176 valence electrons. The van der Waals surface area contributed by atoms with Gasteiger partial charge in [-0.25, -0.2) is 0 Å². The summed E-state index contributed by atoms with van der Waals surface area (Å²) in [6, 6.07) is 21.0. The van der Waals surface area contributed by atoms with Crippen molar-refractivity contribution in [3.05, 3.63) is 101 Å². The molecular formula is C28H26N4O3. The molecule has 0 bridgehead atoms. The normalized spacial score (nSPS) is 13.7. The van der Waals surface area contributed by atoms with Crippen LogP contribution in [0, 0.1) is 0 Å². The molecule has 3 amide bonds. The highest BCUT2D eigenvalue weighted by Gasteiger charge is 2.33. The lowest BCUT2D eigenvalue weighted by atomic mass is 9.90. The fraction of sp³-hybridized carbons (Fsp3) is 0.179. The first kappa shape index (κ1) is 22.4. The largest absolute Gasteiger partial charge is 0.378 e. The van der Waals surface area contributed by atoms with Crippen LogP contribution in [-0.4, -0.2) is 55.3 Å². The molecule has 7 nitrogen and oxygen atoms in total. The third-order valence-corrected chi connectivity index (χ3v) is 6.63. The highest BCUT2D eigenvalue weighted by atomic mass is 16.2. The van der Waals surface area contributed by atoms with Crippen molar-refractivity contribution < 1.29 is 14.4 Å². The predicted molar refractivity (Wildman–Crippen MR) is 136 cm³/mol. The minimum absolute atomic E-state index is 0.0879. The van der Waals surface area contributed by atoms with Crippen molar-refractivity contribution in [1.82, 2.24) is 15.2 Å². The number of carbonyl (C=O) groups is 3. The Morgan fingerprint density at radius 3 is 2.43 bits per heavy atom. The molecule has 0 radical (unpaired) electrons. The van der Waals surface area contributed by atoms with Crippen LogP contribution in [0.3, 0.4) is 0 Å². The van der Waals surface area contributed by atoms with Gasteiger partial charge in [-0.3, -0.25) is 19.3 Å². The molecule has 5 rings (SSSR count). The van der Waals surface area contributed by atoms with E-state index in [0.29, 0.717) is 17.7 Å². The lowest BCUT2D eigenvalue weighted by Crippen LogP contribution is -2.29. The van der Waals surface area contributed by atoms with Gasteiger partial charge in [0.15, 0.2) is 0 Å². The van der Waals surface area contributed by atoms with Crippen LogP contribution in [0.1, 0.15) is 48.1 Å². The molecule has 1 aromatic heterocycles. The maximum absolute atomic E-state index is 13.1. The van der Waals surface area contributed by atoms with Crippen LogP contribution >= 0.6 is 0 Å². The molecular weight excluding hydrogens is 440 g/mol. The molecule has 0 aliphatic carbocycles. The Morgan fingerprint density at radius 1 is 0.971 bits per heavy atom. The van der Waals surface area contributed by atoms with Crippen LogP contribution in [-0.2, 0) is 0 Å². The summed E-state index contributed by atoms with van der Waals surface area (Å²) >= 11 is 0. The second-order valence-corrected chi connectivity index (χ2v) is 8.97. The SMILES string of the molecule is CN1C(=O)c2ccc(C(=O)NCC(c3ccc(N(C)C)cc3)c3c[nH]c4ccccc34)cc2C1=O. The van der Waals surface area contributed by atoms with Crippen molar-refractivity contribution in [3.63, 3.8) is 0 Å². The summed E-state index contributed by atoms with van der Waals surface area (Å²) in [7, 11) is 5.44. The molecule has 0 saturated carbocycles. The zero-order valence-electron chi connectivity index (χ0n) is 19.8. The van der Waals surface area contributed by atoms with E-state index in [1.807, 2.05) is 43.4 Å². The number of benzene rings is 3. The molecule has 0 saturated heterocycles. The Morgan fingerprint density at radius 2 is 1.69 bits per heavy atom. The molecule has 7 heteroatoms. The number of aromatic amines is 1. The molecule has 2 N–H and O–H groups in total. The van der Waals surface area contributed by atoms with Gasteiger partial charge in [0.2, 0.25) is 0 Å². The van der Waals surface area contributed by atoms with Gasteiger partial charge in [0, 0.05) is 62.0 Å². The van der Waals surface area contributed by atoms with Crippen molar-refractivity contribution in [1.29, 1.82) is 0 Å². The standard InChI is InChI=1S/C28H26N4O3/c1-31(2)19-11-8-17(9-12-19)23(24-16-29-25-7-5-4-6-20(24)25)15-30-26(33)18-10-13-21-22(14-18)28(35)32(3)27(21)34/h4-14,16,23,29H,15H2,1-3H3,(H,30,33). The number of hydrogen-bond donors (Lipinski definition) is 2. The first-order valence-corrected chi connectivity index (χ1v) is 11.4. The summed E-state index contributed by atoms with van der Waals surface area (Å²) in [5.41, 5.74) is 5.24. The van der Waals surface area contributed by atoms with Crippen LogP contribution < -0.4 is 10.2 Å². The number of amides is 3. The lowest BCUT2D eigenvalue weighted by molar-refractivity contribution is 0.0693. The summed E-state index contributed by atoms with van der Waals surface area (Å²) in [6.45, 7) is 0.367. The number of H-pyrrole nitrogens is 1. The Balaban J connectivity index is 1.44. The summed E-state index contributed by atoms with van der Waals surface area (Å²) in [4.78, 5) is 44.1. The van der Waals surface area contributed by atoms with Gasteiger partial charge in [-0.2, -0.15) is 0 Å². The summed E-state index contributed by atoms with van der Waals surface area (Å²) < 4.78 is 0. The zero-order valence-corrected chi connectivity index (χ0v) is 19.8. The van der Waals surface area contributed by atoms with E-state index >= 15 is 0 Å². The highest BCUT2D eigenvalue weighted by molar-refractivity contribution is 6.21. The second kappa shape index (κ2) is 8.76. The minimum atomic E-state index is -0.391. The molecule has 1 unspecified atom stereocenters. The Hall–Kier alpha value is -4.39. The number of hydrogen-bond acceptors (Lipinski definition) is 4. The van der Waals surface area contributed by atoms with E-state index in [2.05, 4.69) is 40.6 Å². The first-order valence-electron chi connectivity index (χ1n) is 11.4. The van der Waals surface area contributed by atoms with Gasteiger partial charge in [-0.1, -0.05) is 30.3 Å². The van der Waals surface area contributed by atoms with Gasteiger partial charge in [-0.05, 0) is 47.5 Å². The topological polar surface area (TPSA) is 85.5 Å². The fourth-order valence-corrected chi connectivity index (χ4v) is 4.59. The van der Waals surface area contributed by atoms with Crippen molar-refractivity contribution in [2.45, 2.75) is 5.92 Å². The van der Waals surface area contributed by atoms with Gasteiger partial charge in [0.05, 0.1) is 11.1 Å². The van der Waals surface area contributed by atoms with Crippen LogP contribution in [0.4, 0.5) is 5.69 Å². The number of para-hydroxylation sites is 1. The van der Waals surface area contributed by atoms with E-state index in [-0.39, 0.29) is 23.3 Å².